The van der Waals surface area contributed by atoms with Crippen LogP contribution in [0.4, 0.5) is 11.4 Å². The van der Waals surface area contributed by atoms with Crippen LogP contribution in [0.2, 0.25) is 10.0 Å². The Hall–Kier alpha value is -2.55. The molecule has 0 saturated heterocycles. The molecule has 10 heteroatoms. The number of pyridine rings is 1. The van der Waals surface area contributed by atoms with E-state index < -0.39 is 10.0 Å². The number of carbonyl (C=O) groups is 1. The Morgan fingerprint density at radius 3 is 2.43 bits per heavy atom. The SMILES string of the molecule is Cc1cc(C(=O)Nc2cc(Cl)cc(NS(C)(=O)=O)c2)cn1-c1ccc(Cl)cn1. The van der Waals surface area contributed by atoms with Gasteiger partial charge in [-0.15, -0.1) is 0 Å². The van der Waals surface area contributed by atoms with Crippen LogP contribution in [0.25, 0.3) is 5.82 Å². The number of halogens is 2. The number of sulfonamides is 1. The number of hydrogen-bond acceptors (Lipinski definition) is 4. The van der Waals surface area contributed by atoms with Gasteiger partial charge < -0.3 is 9.88 Å². The predicted molar refractivity (Wildman–Crippen MR) is 111 cm³/mol. The maximum Gasteiger partial charge on any atom is 0.257 e. The minimum atomic E-state index is -3.47. The van der Waals surface area contributed by atoms with Gasteiger partial charge in [-0.3, -0.25) is 9.52 Å². The van der Waals surface area contributed by atoms with E-state index in [0.717, 1.165) is 11.9 Å². The lowest BCUT2D eigenvalue weighted by Gasteiger charge is -2.09. The summed E-state index contributed by atoms with van der Waals surface area (Å²) < 4.78 is 26.9. The molecule has 1 amide bonds. The summed E-state index contributed by atoms with van der Waals surface area (Å²) in [6.45, 7) is 1.85. The van der Waals surface area contributed by atoms with Crippen LogP contribution in [0, 0.1) is 6.92 Å². The summed E-state index contributed by atoms with van der Waals surface area (Å²) >= 11 is 11.9. The Kier molecular flexibility index (Phi) is 5.64. The molecule has 0 atom stereocenters. The predicted octanol–water partition coefficient (Wildman–Crippen LogP) is 4.11. The van der Waals surface area contributed by atoms with E-state index in [1.165, 1.54) is 24.4 Å². The van der Waals surface area contributed by atoms with Crippen molar-refractivity contribution in [1.82, 2.24) is 9.55 Å². The first-order valence-corrected chi connectivity index (χ1v) is 10.7. The van der Waals surface area contributed by atoms with Gasteiger partial charge in [-0.1, -0.05) is 23.2 Å². The van der Waals surface area contributed by atoms with Crippen molar-refractivity contribution in [2.75, 3.05) is 16.3 Å². The minimum Gasteiger partial charge on any atom is -0.322 e. The Morgan fingerprint density at radius 2 is 1.79 bits per heavy atom. The summed E-state index contributed by atoms with van der Waals surface area (Å²) in [7, 11) is -3.47. The minimum absolute atomic E-state index is 0.254. The van der Waals surface area contributed by atoms with Gasteiger partial charge in [-0.05, 0) is 43.3 Å². The number of aromatic nitrogens is 2. The number of amides is 1. The highest BCUT2D eigenvalue weighted by Gasteiger charge is 2.13. The second-order valence-corrected chi connectivity index (χ2v) is 8.75. The van der Waals surface area contributed by atoms with Crippen LogP contribution >= 0.6 is 23.2 Å². The maximum absolute atomic E-state index is 12.6. The van der Waals surface area contributed by atoms with E-state index in [1.807, 2.05) is 6.92 Å². The van der Waals surface area contributed by atoms with Gasteiger partial charge in [-0.25, -0.2) is 13.4 Å². The van der Waals surface area contributed by atoms with Gasteiger partial charge in [0.2, 0.25) is 10.0 Å². The largest absolute Gasteiger partial charge is 0.322 e. The number of aryl methyl sites for hydroxylation is 1. The van der Waals surface area contributed by atoms with Crippen LogP contribution in [-0.4, -0.2) is 30.1 Å². The van der Waals surface area contributed by atoms with Crippen molar-refractivity contribution in [3.8, 4) is 5.82 Å². The molecule has 0 radical (unpaired) electrons. The van der Waals surface area contributed by atoms with Crippen molar-refractivity contribution in [2.45, 2.75) is 6.92 Å². The molecule has 28 heavy (non-hydrogen) atoms. The number of rotatable bonds is 5. The second kappa shape index (κ2) is 7.83. The molecule has 2 heterocycles. The number of benzene rings is 1. The lowest BCUT2D eigenvalue weighted by atomic mass is 10.2. The van der Waals surface area contributed by atoms with Crippen molar-refractivity contribution in [2.24, 2.45) is 0 Å². The van der Waals surface area contributed by atoms with Crippen LogP contribution in [0.5, 0.6) is 0 Å². The Morgan fingerprint density at radius 1 is 1.07 bits per heavy atom. The van der Waals surface area contributed by atoms with Crippen molar-refractivity contribution < 1.29 is 13.2 Å². The van der Waals surface area contributed by atoms with Gasteiger partial charge in [0.1, 0.15) is 5.82 Å². The van der Waals surface area contributed by atoms with Crippen LogP contribution in [0.3, 0.4) is 0 Å². The molecule has 0 aliphatic heterocycles. The van der Waals surface area contributed by atoms with Gasteiger partial charge in [0.25, 0.3) is 5.91 Å². The Balaban J connectivity index is 1.84. The summed E-state index contributed by atoms with van der Waals surface area (Å²) in [5, 5.41) is 3.51. The van der Waals surface area contributed by atoms with Crippen molar-refractivity contribution in [3.63, 3.8) is 0 Å². The van der Waals surface area contributed by atoms with Crippen molar-refractivity contribution in [1.29, 1.82) is 0 Å². The first kappa shape index (κ1) is 20.2. The number of nitrogens with one attached hydrogen (secondary N) is 2. The van der Waals surface area contributed by atoms with Gasteiger partial charge in [0.05, 0.1) is 22.5 Å². The third-order valence-corrected chi connectivity index (χ3v) is 4.74. The standard InChI is InChI=1S/C18H16Cl2N4O3S/c1-11-5-12(10-24(11)17-4-3-13(19)9-21-17)18(25)22-15-6-14(20)7-16(8-15)23-28(2,26)27/h3-10,23H,1-2H3,(H,22,25). The van der Waals surface area contributed by atoms with E-state index in [4.69, 9.17) is 23.2 Å². The fourth-order valence-electron chi connectivity index (χ4n) is 2.59. The van der Waals surface area contributed by atoms with Gasteiger partial charge >= 0.3 is 0 Å². The third kappa shape index (κ3) is 5.03. The molecule has 0 bridgehead atoms. The van der Waals surface area contributed by atoms with Gasteiger partial charge in [-0.2, -0.15) is 0 Å². The third-order valence-electron chi connectivity index (χ3n) is 3.69. The first-order chi connectivity index (χ1) is 13.1. The van der Waals surface area contributed by atoms with Gasteiger partial charge in [0, 0.05) is 28.8 Å². The number of hydrogen-bond donors (Lipinski definition) is 2. The summed E-state index contributed by atoms with van der Waals surface area (Å²) in [5.41, 5.74) is 1.83. The Labute approximate surface area is 172 Å². The normalized spacial score (nSPS) is 11.3. The molecule has 0 aliphatic carbocycles. The summed E-state index contributed by atoms with van der Waals surface area (Å²) in [5.74, 6) is 0.256. The lowest BCUT2D eigenvalue weighted by molar-refractivity contribution is 0.102. The van der Waals surface area contributed by atoms with Crippen LogP contribution in [0.1, 0.15) is 16.1 Å². The molecule has 1 aromatic carbocycles. The lowest BCUT2D eigenvalue weighted by Crippen LogP contribution is -2.13. The molecular formula is C18H16Cl2N4O3S. The van der Waals surface area contributed by atoms with Gasteiger partial charge in [0.15, 0.2) is 0 Å². The fourth-order valence-corrected chi connectivity index (χ4v) is 3.49. The van der Waals surface area contributed by atoms with E-state index in [2.05, 4.69) is 15.0 Å². The molecule has 7 nitrogen and oxygen atoms in total. The van der Waals surface area contributed by atoms with E-state index in [1.54, 1.807) is 29.0 Å². The fraction of sp³-hybridized carbons (Fsp3) is 0.111. The second-order valence-electron chi connectivity index (χ2n) is 6.13. The van der Waals surface area contributed by atoms with E-state index in [9.17, 15) is 13.2 Å². The molecular weight excluding hydrogens is 423 g/mol. The summed E-state index contributed by atoms with van der Waals surface area (Å²) in [6.07, 6.45) is 4.21. The molecule has 0 saturated carbocycles. The number of anilines is 2. The molecule has 0 aliphatic rings. The molecule has 3 aromatic rings. The van der Waals surface area contributed by atoms with Crippen LogP contribution in [-0.2, 0) is 10.0 Å². The smallest absolute Gasteiger partial charge is 0.257 e. The van der Waals surface area contributed by atoms with E-state index in [0.29, 0.717) is 22.1 Å². The number of nitrogens with zero attached hydrogens (tertiary/aromatic N) is 2. The molecule has 2 N–H and O–H groups in total. The monoisotopic (exact) mass is 438 g/mol. The maximum atomic E-state index is 12.6. The zero-order valence-corrected chi connectivity index (χ0v) is 17.2. The highest BCUT2D eigenvalue weighted by atomic mass is 35.5. The zero-order chi connectivity index (χ0) is 20.5. The molecule has 146 valence electrons. The highest BCUT2D eigenvalue weighted by Crippen LogP contribution is 2.24. The molecule has 3 rings (SSSR count). The van der Waals surface area contributed by atoms with Crippen molar-refractivity contribution >= 4 is 50.5 Å². The molecule has 0 fully saturated rings. The topological polar surface area (TPSA) is 93.1 Å². The first-order valence-electron chi connectivity index (χ1n) is 8.01. The van der Waals surface area contributed by atoms with Crippen LogP contribution < -0.4 is 10.0 Å². The molecule has 2 aromatic heterocycles. The average molecular weight is 439 g/mol. The summed E-state index contributed by atoms with van der Waals surface area (Å²) in [6, 6.07) is 9.63. The van der Waals surface area contributed by atoms with Crippen LogP contribution in [0.15, 0.2) is 48.8 Å². The Bertz CT molecular complexity index is 1140. The highest BCUT2D eigenvalue weighted by molar-refractivity contribution is 7.92. The van der Waals surface area contributed by atoms with E-state index >= 15 is 0 Å². The van der Waals surface area contributed by atoms with E-state index in [-0.39, 0.29) is 16.6 Å². The quantitative estimate of drug-likeness (QED) is 0.626. The molecule has 0 spiro atoms. The van der Waals surface area contributed by atoms with Crippen molar-refractivity contribution in [3.05, 3.63) is 70.1 Å². The number of carbonyl (C=O) groups excluding carboxylic acids is 1. The molecule has 0 unspecified atom stereocenters. The average Bonchev–Trinajstić information content (AvgIpc) is 2.95. The summed E-state index contributed by atoms with van der Waals surface area (Å²) in [4.78, 5) is 16.9. The zero-order valence-electron chi connectivity index (χ0n) is 14.9.